The van der Waals surface area contributed by atoms with Gasteiger partial charge in [0.05, 0.1) is 0 Å². The molecule has 1 aromatic carbocycles. The molecule has 1 saturated heterocycles. The van der Waals surface area contributed by atoms with Gasteiger partial charge in [-0.25, -0.2) is 0 Å². The number of pyridine rings is 1. The largest absolute Gasteiger partial charge is 0.349 e. The minimum absolute atomic E-state index is 0.0265. The lowest BCUT2D eigenvalue weighted by atomic mass is 9.75. The van der Waals surface area contributed by atoms with Crippen molar-refractivity contribution in [2.45, 2.75) is 56.5 Å². The Balaban J connectivity index is 1.44. The van der Waals surface area contributed by atoms with Gasteiger partial charge in [0.25, 0.3) is 11.8 Å². The first-order valence-corrected chi connectivity index (χ1v) is 11.4. The number of carbonyl (C=O) groups is 2. The van der Waals surface area contributed by atoms with Gasteiger partial charge in [-0.3, -0.25) is 24.9 Å². The number of nitrogens with zero attached hydrogens (tertiary/aromatic N) is 2. The van der Waals surface area contributed by atoms with E-state index in [1.54, 1.807) is 31.6 Å². The summed E-state index contributed by atoms with van der Waals surface area (Å²) in [6, 6.07) is 13.7. The number of amides is 2. The van der Waals surface area contributed by atoms with E-state index in [1.165, 1.54) is 10.5 Å². The van der Waals surface area contributed by atoms with E-state index in [2.05, 4.69) is 27.8 Å². The van der Waals surface area contributed by atoms with Crippen molar-refractivity contribution >= 4 is 17.8 Å². The molecule has 1 saturated carbocycles. The molecule has 32 heavy (non-hydrogen) atoms. The average Bonchev–Trinajstić information content (AvgIpc) is 3.03. The topological polar surface area (TPSA) is 98.2 Å². The smallest absolute Gasteiger partial charge is 0.254 e. The van der Waals surface area contributed by atoms with Gasteiger partial charge in [0.2, 0.25) is 0 Å². The van der Waals surface area contributed by atoms with Crippen LogP contribution in [0.15, 0.2) is 54.9 Å². The lowest BCUT2D eigenvalue weighted by molar-refractivity contribution is -0.131. The zero-order chi connectivity index (χ0) is 22.6. The SMILES string of the molecule is CN1C(=N)N[C@](CCc2ccccc2)(C[C@H]2CCC[C@@H](NC(=O)c3ccncc3)C2)C1=O. The summed E-state index contributed by atoms with van der Waals surface area (Å²) in [6.45, 7) is 0. The van der Waals surface area contributed by atoms with Crippen LogP contribution in [0, 0.1) is 11.3 Å². The van der Waals surface area contributed by atoms with Crippen LogP contribution in [0.1, 0.15) is 54.4 Å². The van der Waals surface area contributed by atoms with Gasteiger partial charge in [-0.2, -0.15) is 0 Å². The van der Waals surface area contributed by atoms with Crippen LogP contribution in [-0.4, -0.2) is 46.3 Å². The fourth-order valence-corrected chi connectivity index (χ4v) is 5.07. The van der Waals surface area contributed by atoms with Crippen molar-refractivity contribution in [1.29, 1.82) is 5.41 Å². The van der Waals surface area contributed by atoms with Crippen LogP contribution < -0.4 is 10.6 Å². The summed E-state index contributed by atoms with van der Waals surface area (Å²) in [6.07, 6.45) is 9.17. The summed E-state index contributed by atoms with van der Waals surface area (Å²) in [7, 11) is 1.67. The Morgan fingerprint density at radius 1 is 1.22 bits per heavy atom. The Kier molecular flexibility index (Phi) is 6.53. The molecule has 0 bridgehead atoms. The highest BCUT2D eigenvalue weighted by atomic mass is 16.2. The third kappa shape index (κ3) is 4.82. The Bertz CT molecular complexity index is 965. The molecule has 1 aromatic heterocycles. The highest BCUT2D eigenvalue weighted by Crippen LogP contribution is 2.36. The Morgan fingerprint density at radius 3 is 2.66 bits per heavy atom. The first-order chi connectivity index (χ1) is 15.5. The molecule has 1 aliphatic carbocycles. The number of benzene rings is 1. The number of aryl methyl sites for hydroxylation is 1. The zero-order valence-electron chi connectivity index (χ0n) is 18.5. The van der Waals surface area contributed by atoms with Gasteiger partial charge in [-0.1, -0.05) is 43.2 Å². The molecule has 7 nitrogen and oxygen atoms in total. The van der Waals surface area contributed by atoms with Gasteiger partial charge in [-0.15, -0.1) is 0 Å². The molecule has 2 aromatic rings. The lowest BCUT2D eigenvalue weighted by Gasteiger charge is -2.36. The summed E-state index contributed by atoms with van der Waals surface area (Å²) >= 11 is 0. The monoisotopic (exact) mass is 433 g/mol. The molecule has 3 atom stereocenters. The fraction of sp³-hybridized carbons (Fsp3) is 0.440. The minimum atomic E-state index is -0.761. The maximum atomic E-state index is 13.2. The van der Waals surface area contributed by atoms with E-state index in [1.807, 2.05) is 18.2 Å². The average molecular weight is 434 g/mol. The van der Waals surface area contributed by atoms with Gasteiger partial charge in [0, 0.05) is 31.0 Å². The van der Waals surface area contributed by atoms with Crippen LogP contribution in [0.3, 0.4) is 0 Å². The third-order valence-corrected chi connectivity index (χ3v) is 6.79. The molecule has 2 aliphatic rings. The van der Waals surface area contributed by atoms with Crippen LogP contribution in [0.25, 0.3) is 0 Å². The molecular formula is C25H31N5O2. The first-order valence-electron chi connectivity index (χ1n) is 11.4. The number of hydrogen-bond donors (Lipinski definition) is 3. The maximum Gasteiger partial charge on any atom is 0.254 e. The van der Waals surface area contributed by atoms with Crippen LogP contribution >= 0.6 is 0 Å². The van der Waals surface area contributed by atoms with Crippen molar-refractivity contribution < 1.29 is 9.59 Å². The van der Waals surface area contributed by atoms with Crippen molar-refractivity contribution in [3.8, 4) is 0 Å². The van der Waals surface area contributed by atoms with E-state index >= 15 is 0 Å². The molecule has 1 aliphatic heterocycles. The standard InChI is InChI=1S/C25H31N5O2/c1-30-23(32)25(29-24(30)26,13-10-18-6-3-2-4-7-18)17-19-8-5-9-21(16-19)28-22(31)20-11-14-27-15-12-20/h2-4,6-7,11-12,14-15,19,21H,5,8-10,13,16-17H2,1H3,(H2,26,29)(H,28,31)/t19-,21+,25+/m0/s1. The van der Waals surface area contributed by atoms with Crippen LogP contribution in [0.4, 0.5) is 0 Å². The number of likely N-dealkylation sites (N-methyl/N-ethyl adjacent to an activating group) is 1. The molecule has 4 rings (SSSR count). The van der Waals surface area contributed by atoms with Gasteiger partial charge in [0.1, 0.15) is 5.54 Å². The van der Waals surface area contributed by atoms with Gasteiger partial charge in [0.15, 0.2) is 5.96 Å². The van der Waals surface area contributed by atoms with Crippen molar-refractivity contribution in [3.63, 3.8) is 0 Å². The van der Waals surface area contributed by atoms with Gasteiger partial charge < -0.3 is 10.6 Å². The number of guanidine groups is 1. The predicted octanol–water partition coefficient (Wildman–Crippen LogP) is 3.13. The molecule has 2 amide bonds. The number of rotatable bonds is 7. The van der Waals surface area contributed by atoms with E-state index in [9.17, 15) is 9.59 Å². The van der Waals surface area contributed by atoms with E-state index in [4.69, 9.17) is 5.41 Å². The number of carbonyl (C=O) groups excluding carboxylic acids is 2. The third-order valence-electron chi connectivity index (χ3n) is 6.79. The number of hydrogen-bond acceptors (Lipinski definition) is 4. The molecule has 0 spiro atoms. The Labute approximate surface area is 189 Å². The van der Waals surface area contributed by atoms with E-state index in [-0.39, 0.29) is 23.8 Å². The lowest BCUT2D eigenvalue weighted by Crippen LogP contribution is -2.50. The van der Waals surface area contributed by atoms with Crippen LogP contribution in [0.2, 0.25) is 0 Å². The Hall–Kier alpha value is -3.22. The van der Waals surface area contributed by atoms with E-state index < -0.39 is 5.54 Å². The molecule has 7 heteroatoms. The van der Waals surface area contributed by atoms with Gasteiger partial charge >= 0.3 is 0 Å². The van der Waals surface area contributed by atoms with E-state index in [0.29, 0.717) is 24.3 Å². The summed E-state index contributed by atoms with van der Waals surface area (Å²) in [4.78, 5) is 31.2. The van der Waals surface area contributed by atoms with Gasteiger partial charge in [-0.05, 0) is 55.7 Å². The molecular weight excluding hydrogens is 402 g/mol. The number of nitrogens with one attached hydrogen (secondary N) is 3. The normalized spacial score (nSPS) is 25.5. The van der Waals surface area contributed by atoms with Crippen LogP contribution in [-0.2, 0) is 11.2 Å². The summed E-state index contributed by atoms with van der Waals surface area (Å²) in [5.41, 5.74) is 1.04. The minimum Gasteiger partial charge on any atom is -0.349 e. The molecule has 0 radical (unpaired) electrons. The molecule has 3 N–H and O–H groups in total. The van der Waals surface area contributed by atoms with Crippen molar-refractivity contribution in [1.82, 2.24) is 20.5 Å². The predicted molar refractivity (Wildman–Crippen MR) is 123 cm³/mol. The molecule has 168 valence electrons. The van der Waals surface area contributed by atoms with Crippen LogP contribution in [0.5, 0.6) is 0 Å². The second-order valence-electron chi connectivity index (χ2n) is 9.05. The Morgan fingerprint density at radius 2 is 1.97 bits per heavy atom. The summed E-state index contributed by atoms with van der Waals surface area (Å²) in [5, 5.41) is 14.6. The molecule has 2 fully saturated rings. The highest BCUT2D eigenvalue weighted by Gasteiger charge is 2.49. The summed E-state index contributed by atoms with van der Waals surface area (Å²) < 4.78 is 0. The van der Waals surface area contributed by atoms with Crippen molar-refractivity contribution in [2.75, 3.05) is 7.05 Å². The zero-order valence-corrected chi connectivity index (χ0v) is 18.5. The second-order valence-corrected chi connectivity index (χ2v) is 9.05. The fourth-order valence-electron chi connectivity index (χ4n) is 5.07. The second kappa shape index (κ2) is 9.51. The highest BCUT2D eigenvalue weighted by molar-refractivity contribution is 6.07. The van der Waals surface area contributed by atoms with E-state index in [0.717, 1.165) is 32.1 Å². The first kappa shape index (κ1) is 22.0. The summed E-state index contributed by atoms with van der Waals surface area (Å²) in [5.74, 6) is 0.370. The van der Waals surface area contributed by atoms with Crippen molar-refractivity contribution in [2.24, 2.45) is 5.92 Å². The molecule has 0 unspecified atom stereocenters. The van der Waals surface area contributed by atoms with Crippen molar-refractivity contribution in [3.05, 3.63) is 66.0 Å². The number of aromatic nitrogens is 1. The quantitative estimate of drug-likeness (QED) is 0.625. The molecule has 2 heterocycles. The maximum absolute atomic E-state index is 13.2.